The van der Waals surface area contributed by atoms with Crippen molar-refractivity contribution in [2.24, 2.45) is 0 Å². The summed E-state index contributed by atoms with van der Waals surface area (Å²) in [6, 6.07) is 16.8. The van der Waals surface area contributed by atoms with E-state index in [0.29, 0.717) is 22.7 Å². The molecule has 9 nitrogen and oxygen atoms in total. The second-order valence-corrected chi connectivity index (χ2v) is 8.20. The first-order valence-electron chi connectivity index (χ1n) is 10.9. The van der Waals surface area contributed by atoms with Crippen molar-refractivity contribution in [3.8, 4) is 11.1 Å². The molecule has 4 aromatic rings. The van der Waals surface area contributed by atoms with Gasteiger partial charge in [0.05, 0.1) is 6.20 Å². The Morgan fingerprint density at radius 2 is 1.76 bits per heavy atom. The summed E-state index contributed by atoms with van der Waals surface area (Å²) in [6.07, 6.45) is 3.46. The predicted octanol–water partition coefficient (Wildman–Crippen LogP) is 2.81. The van der Waals surface area contributed by atoms with Gasteiger partial charge in [-0.15, -0.1) is 0 Å². The van der Waals surface area contributed by atoms with Crippen molar-refractivity contribution in [3.63, 3.8) is 0 Å². The van der Waals surface area contributed by atoms with E-state index < -0.39 is 0 Å². The summed E-state index contributed by atoms with van der Waals surface area (Å²) in [5.74, 6) is -0.281. The summed E-state index contributed by atoms with van der Waals surface area (Å²) < 4.78 is 1.65. The SMILES string of the molecule is CN1CCN(Nc2ccc(NC(=O)c3ccn4ncc(-c5cccc(N)c5)c4n3)cc2)CC1. The standard InChI is InChI=1S/C24H26N8O/c1-30-11-13-31(14-12-30)29-20-7-5-19(6-8-20)27-24(33)22-9-10-32-23(28-22)21(16-26-32)17-3-2-4-18(25)15-17/h2-10,15-16,29H,11-14,25H2,1H3,(H,27,33). The number of nitrogens with one attached hydrogen (secondary N) is 2. The Labute approximate surface area is 191 Å². The molecule has 3 heterocycles. The van der Waals surface area contributed by atoms with Gasteiger partial charge in [0, 0.05) is 55.0 Å². The Balaban J connectivity index is 1.29. The largest absolute Gasteiger partial charge is 0.399 e. The molecule has 1 amide bonds. The molecule has 168 valence electrons. The maximum absolute atomic E-state index is 12.9. The molecule has 33 heavy (non-hydrogen) atoms. The lowest BCUT2D eigenvalue weighted by atomic mass is 10.1. The highest BCUT2D eigenvalue weighted by atomic mass is 16.1. The van der Waals surface area contributed by atoms with E-state index in [1.165, 1.54) is 0 Å². The van der Waals surface area contributed by atoms with E-state index in [0.717, 1.165) is 43.0 Å². The van der Waals surface area contributed by atoms with Crippen LogP contribution in [-0.4, -0.2) is 63.6 Å². The zero-order valence-corrected chi connectivity index (χ0v) is 18.4. The number of nitrogens with zero attached hydrogens (tertiary/aromatic N) is 5. The van der Waals surface area contributed by atoms with Gasteiger partial charge in [-0.1, -0.05) is 12.1 Å². The molecule has 1 aliphatic rings. The van der Waals surface area contributed by atoms with Crippen LogP contribution in [0, 0.1) is 0 Å². The summed E-state index contributed by atoms with van der Waals surface area (Å²) in [5, 5.41) is 9.46. The molecule has 1 fully saturated rings. The summed E-state index contributed by atoms with van der Waals surface area (Å²) in [4.78, 5) is 19.7. The predicted molar refractivity (Wildman–Crippen MR) is 130 cm³/mol. The maximum Gasteiger partial charge on any atom is 0.274 e. The number of fused-ring (bicyclic) bond motifs is 1. The molecule has 2 aromatic carbocycles. The molecule has 5 rings (SSSR count). The average molecular weight is 443 g/mol. The molecule has 0 atom stereocenters. The number of anilines is 3. The van der Waals surface area contributed by atoms with E-state index in [9.17, 15) is 4.79 Å². The second-order valence-electron chi connectivity index (χ2n) is 8.20. The number of hydrogen-bond acceptors (Lipinski definition) is 7. The second kappa shape index (κ2) is 8.89. The van der Waals surface area contributed by atoms with Crippen molar-refractivity contribution in [3.05, 3.63) is 72.7 Å². The zero-order chi connectivity index (χ0) is 22.8. The molecular formula is C24H26N8O. The van der Waals surface area contributed by atoms with E-state index in [-0.39, 0.29) is 5.91 Å². The van der Waals surface area contributed by atoms with Crippen LogP contribution in [0.1, 0.15) is 10.5 Å². The number of aromatic nitrogens is 3. The number of carbonyl (C=O) groups is 1. The molecule has 1 aliphatic heterocycles. The van der Waals surface area contributed by atoms with Gasteiger partial charge in [-0.3, -0.25) is 4.79 Å². The normalized spacial score (nSPS) is 14.9. The number of likely N-dealkylation sites (N-methyl/N-ethyl adjacent to an activating group) is 1. The zero-order valence-electron chi connectivity index (χ0n) is 18.4. The summed E-state index contributed by atoms with van der Waals surface area (Å²) in [6.45, 7) is 4.01. The summed E-state index contributed by atoms with van der Waals surface area (Å²) in [5.41, 5.74) is 14.3. The molecule has 0 bridgehead atoms. The molecule has 1 saturated heterocycles. The number of carbonyl (C=O) groups excluding carboxylic acids is 1. The van der Waals surface area contributed by atoms with Crippen molar-refractivity contribution < 1.29 is 4.79 Å². The number of benzene rings is 2. The highest BCUT2D eigenvalue weighted by Crippen LogP contribution is 2.25. The van der Waals surface area contributed by atoms with Crippen LogP contribution in [0.4, 0.5) is 17.1 Å². The first kappa shape index (κ1) is 20.9. The lowest BCUT2D eigenvalue weighted by Gasteiger charge is -2.33. The fourth-order valence-corrected chi connectivity index (χ4v) is 3.83. The average Bonchev–Trinajstić information content (AvgIpc) is 3.25. The number of amides is 1. The van der Waals surface area contributed by atoms with Crippen LogP contribution in [0.3, 0.4) is 0 Å². The van der Waals surface area contributed by atoms with Crippen LogP contribution in [0.25, 0.3) is 16.8 Å². The number of nitrogen functional groups attached to an aromatic ring is 1. The number of piperazine rings is 1. The van der Waals surface area contributed by atoms with Gasteiger partial charge in [0.15, 0.2) is 5.65 Å². The van der Waals surface area contributed by atoms with Crippen molar-refractivity contribution in [2.45, 2.75) is 0 Å². The van der Waals surface area contributed by atoms with Gasteiger partial charge in [-0.2, -0.15) is 5.10 Å². The van der Waals surface area contributed by atoms with Crippen molar-refractivity contribution in [1.29, 1.82) is 0 Å². The van der Waals surface area contributed by atoms with Crippen molar-refractivity contribution in [1.82, 2.24) is 24.5 Å². The van der Waals surface area contributed by atoms with Crippen molar-refractivity contribution in [2.75, 3.05) is 49.7 Å². The van der Waals surface area contributed by atoms with Crippen LogP contribution in [0.5, 0.6) is 0 Å². The number of rotatable bonds is 5. The Morgan fingerprint density at radius 1 is 1.00 bits per heavy atom. The Kier molecular flexibility index (Phi) is 5.64. The van der Waals surface area contributed by atoms with Crippen LogP contribution in [0.2, 0.25) is 0 Å². The van der Waals surface area contributed by atoms with Gasteiger partial charge in [0.2, 0.25) is 0 Å². The molecule has 0 aliphatic carbocycles. The third-order valence-electron chi connectivity index (χ3n) is 5.73. The third kappa shape index (κ3) is 4.64. The molecule has 4 N–H and O–H groups in total. The smallest absolute Gasteiger partial charge is 0.274 e. The van der Waals surface area contributed by atoms with E-state index in [1.54, 1.807) is 23.0 Å². The lowest BCUT2D eigenvalue weighted by molar-refractivity contribution is 0.102. The minimum absolute atomic E-state index is 0.281. The van der Waals surface area contributed by atoms with Crippen molar-refractivity contribution >= 4 is 28.6 Å². The number of hydrogen-bond donors (Lipinski definition) is 3. The molecule has 0 unspecified atom stereocenters. The van der Waals surface area contributed by atoms with E-state index in [1.807, 2.05) is 48.5 Å². The minimum atomic E-state index is -0.281. The topological polar surface area (TPSA) is 104 Å². The number of nitrogens with two attached hydrogens (primary N) is 1. The van der Waals surface area contributed by atoms with Crippen LogP contribution < -0.4 is 16.5 Å². The lowest BCUT2D eigenvalue weighted by Crippen LogP contribution is -2.46. The van der Waals surface area contributed by atoms with E-state index in [4.69, 9.17) is 5.73 Å². The maximum atomic E-state index is 12.9. The first-order valence-corrected chi connectivity index (χ1v) is 10.9. The van der Waals surface area contributed by atoms with Gasteiger partial charge < -0.3 is 21.4 Å². The van der Waals surface area contributed by atoms with Gasteiger partial charge in [0.1, 0.15) is 5.69 Å². The monoisotopic (exact) mass is 442 g/mol. The molecule has 2 aromatic heterocycles. The molecule has 0 radical (unpaired) electrons. The quantitative estimate of drug-likeness (QED) is 0.408. The third-order valence-corrected chi connectivity index (χ3v) is 5.73. The van der Waals surface area contributed by atoms with Crippen LogP contribution in [-0.2, 0) is 0 Å². The number of hydrazine groups is 1. The van der Waals surface area contributed by atoms with E-state index in [2.05, 4.69) is 37.8 Å². The van der Waals surface area contributed by atoms with E-state index >= 15 is 0 Å². The molecular weight excluding hydrogens is 416 g/mol. The summed E-state index contributed by atoms with van der Waals surface area (Å²) in [7, 11) is 2.13. The van der Waals surface area contributed by atoms with Crippen LogP contribution >= 0.6 is 0 Å². The molecule has 9 heteroatoms. The van der Waals surface area contributed by atoms with Gasteiger partial charge >= 0.3 is 0 Å². The Hall–Kier alpha value is -3.95. The fourth-order valence-electron chi connectivity index (χ4n) is 3.83. The van der Waals surface area contributed by atoms with Gasteiger partial charge in [-0.05, 0) is 55.1 Å². The Bertz CT molecular complexity index is 1280. The molecule has 0 spiro atoms. The van der Waals surface area contributed by atoms with Gasteiger partial charge in [-0.25, -0.2) is 14.5 Å². The Morgan fingerprint density at radius 3 is 2.52 bits per heavy atom. The minimum Gasteiger partial charge on any atom is -0.399 e. The highest BCUT2D eigenvalue weighted by molar-refractivity contribution is 6.03. The fraction of sp³-hybridized carbons (Fsp3) is 0.208. The van der Waals surface area contributed by atoms with Gasteiger partial charge in [0.25, 0.3) is 5.91 Å². The highest BCUT2D eigenvalue weighted by Gasteiger charge is 2.15. The summed E-state index contributed by atoms with van der Waals surface area (Å²) >= 11 is 0. The molecule has 0 saturated carbocycles. The van der Waals surface area contributed by atoms with Crippen LogP contribution in [0.15, 0.2) is 67.0 Å². The first-order chi connectivity index (χ1) is 16.0.